The molecule has 1 N–H and O–H groups in total. The number of pyridine rings is 1. The first-order valence-electron chi connectivity index (χ1n) is 17.1. The molecule has 2 saturated heterocycles. The number of esters is 1. The second-order valence-corrected chi connectivity index (χ2v) is 14.2. The Hall–Kier alpha value is -3.88. The van der Waals surface area contributed by atoms with Crippen molar-refractivity contribution in [1.29, 1.82) is 0 Å². The monoisotopic (exact) mass is 699 g/mol. The molecule has 50 heavy (non-hydrogen) atoms. The number of alkyl halides is 1. The number of ketones is 1. The zero-order valence-electron chi connectivity index (χ0n) is 30.4. The Bertz CT molecular complexity index is 1570. The highest BCUT2D eigenvalue weighted by Crippen LogP contribution is 2.40. The van der Waals surface area contributed by atoms with E-state index >= 15 is 4.39 Å². The Morgan fingerprint density at radius 3 is 2.46 bits per heavy atom. The van der Waals surface area contributed by atoms with Crippen molar-refractivity contribution in [2.75, 3.05) is 13.2 Å². The van der Waals surface area contributed by atoms with Crippen LogP contribution in [0.5, 0.6) is 0 Å². The minimum Gasteiger partial charge on any atom is -0.457 e. The van der Waals surface area contributed by atoms with Crippen molar-refractivity contribution in [1.82, 2.24) is 14.8 Å². The molecule has 0 aromatic carbocycles. The predicted octanol–water partition coefficient (Wildman–Crippen LogP) is 4.62. The normalized spacial score (nSPS) is 36.3. The fourth-order valence-electron chi connectivity index (χ4n) is 7.00. The molecular formula is C36H50FN5O8. The number of hydrogen-bond donors (Lipinski definition) is 1. The quantitative estimate of drug-likeness (QED) is 0.265. The zero-order valence-corrected chi connectivity index (χ0v) is 30.4. The predicted molar refractivity (Wildman–Crippen MR) is 182 cm³/mol. The van der Waals surface area contributed by atoms with Gasteiger partial charge >= 0.3 is 5.97 Å². The smallest absolute Gasteiger partial charge is 0.351 e. The van der Waals surface area contributed by atoms with E-state index < -0.39 is 70.4 Å². The van der Waals surface area contributed by atoms with Crippen LogP contribution in [0.25, 0.3) is 5.82 Å². The van der Waals surface area contributed by atoms with Gasteiger partial charge in [-0.3, -0.25) is 9.59 Å². The lowest BCUT2D eigenvalue weighted by Gasteiger charge is -2.44. The van der Waals surface area contributed by atoms with E-state index in [2.05, 4.69) is 20.2 Å². The summed E-state index contributed by atoms with van der Waals surface area (Å²) in [7, 11) is 0. The van der Waals surface area contributed by atoms with Gasteiger partial charge in [-0.25, -0.2) is 23.8 Å². The van der Waals surface area contributed by atoms with Gasteiger partial charge in [0.15, 0.2) is 11.6 Å². The van der Waals surface area contributed by atoms with Crippen LogP contribution in [-0.2, 0) is 40.0 Å². The lowest BCUT2D eigenvalue weighted by molar-refractivity contribution is -0.198. The molecule has 14 heteroatoms. The van der Waals surface area contributed by atoms with Crippen molar-refractivity contribution < 1.29 is 42.9 Å². The highest BCUT2D eigenvalue weighted by atomic mass is 19.1. The van der Waals surface area contributed by atoms with Crippen molar-refractivity contribution >= 4 is 29.1 Å². The number of rotatable bonds is 5. The summed E-state index contributed by atoms with van der Waals surface area (Å²) in [5, 5.41) is 20.7. The van der Waals surface area contributed by atoms with Crippen LogP contribution in [0.2, 0.25) is 0 Å². The first kappa shape index (κ1) is 38.9. The highest BCUT2D eigenvalue weighted by Gasteiger charge is 2.54. The number of nitrogens with zero attached hydrogens (tertiary/aromatic N) is 5. The van der Waals surface area contributed by atoms with Crippen LogP contribution in [0.3, 0.4) is 0 Å². The van der Waals surface area contributed by atoms with Crippen molar-refractivity contribution in [3.8, 4) is 5.82 Å². The average molecular weight is 700 g/mol. The number of fused-ring (bicyclic) bond motifs is 5. The SMILES string of the molecule is CC[C@H]1OC(=O)[C@@](C)(F)C(=O)[C@H](C)[C@@H](C)[C@@]2(C)C[C@@H](C)/C(=N\C(C)=O)[C@H](C)[C@@H](OC/C(=N\OCc3ccc(-n4cccn4)nc3)CO2)[C@]1(C)O. The summed E-state index contributed by atoms with van der Waals surface area (Å²) < 4.78 is 36.4. The van der Waals surface area contributed by atoms with Crippen molar-refractivity contribution in [3.63, 3.8) is 0 Å². The molecule has 2 fully saturated rings. The average Bonchev–Trinajstić information content (AvgIpc) is 3.61. The molecule has 4 heterocycles. The van der Waals surface area contributed by atoms with Crippen LogP contribution in [0.4, 0.5) is 4.39 Å². The number of ether oxygens (including phenoxy) is 3. The van der Waals surface area contributed by atoms with Gasteiger partial charge in [-0.2, -0.15) is 5.10 Å². The van der Waals surface area contributed by atoms with E-state index in [1.54, 1.807) is 70.0 Å². The summed E-state index contributed by atoms with van der Waals surface area (Å²) in [6.07, 6.45) is 2.97. The lowest BCUT2D eigenvalue weighted by Crippen LogP contribution is -2.59. The number of carbonyl (C=O) groups is 3. The van der Waals surface area contributed by atoms with Gasteiger partial charge in [0.05, 0.1) is 24.9 Å². The summed E-state index contributed by atoms with van der Waals surface area (Å²) in [6.45, 7) is 13.9. The molecule has 0 unspecified atom stereocenters. The number of hydrogen-bond acceptors (Lipinski definition) is 11. The van der Waals surface area contributed by atoms with Crippen LogP contribution >= 0.6 is 0 Å². The van der Waals surface area contributed by atoms with Crippen LogP contribution < -0.4 is 0 Å². The van der Waals surface area contributed by atoms with Crippen molar-refractivity contribution in [2.45, 2.75) is 111 Å². The molecule has 274 valence electrons. The molecule has 13 nitrogen and oxygen atoms in total. The number of aliphatic imine (C=N–C) groups is 1. The van der Waals surface area contributed by atoms with E-state index in [0.29, 0.717) is 17.2 Å². The Morgan fingerprint density at radius 2 is 1.86 bits per heavy atom. The number of cyclic esters (lactones) is 1. The first-order valence-corrected chi connectivity index (χ1v) is 17.1. The topological polar surface area (TPSA) is 164 Å². The molecule has 2 aromatic heterocycles. The Labute approximate surface area is 292 Å². The standard InChI is InChI=1S/C36H50FN5O8/c1-10-28-36(9,46)32-23(4)30(40-25(6)43)21(2)16-34(7,24(5)22(3)31(44)35(8,37)33(45)50-28)48-20-27(19-47-32)41-49-18-26-12-13-29(38-17-26)42-15-11-14-39-42/h11-15,17,21-24,28,32,46H,10,16,18-20H2,1-9H3/b40-30+,41-27+/t21-,22-,23+,24-,28-,32-,34-,35+,36-/m1/s1. The molecule has 2 aliphatic rings. The number of aliphatic hydroxyl groups is 1. The van der Waals surface area contributed by atoms with Gasteiger partial charge in [0.1, 0.15) is 24.0 Å². The second kappa shape index (κ2) is 15.6. The summed E-state index contributed by atoms with van der Waals surface area (Å²) in [4.78, 5) is 54.1. The van der Waals surface area contributed by atoms with E-state index in [9.17, 15) is 19.5 Å². The molecule has 2 bridgehead atoms. The molecule has 0 saturated carbocycles. The van der Waals surface area contributed by atoms with Gasteiger partial charge in [0.25, 0.3) is 5.67 Å². The van der Waals surface area contributed by atoms with Gasteiger partial charge in [0.2, 0.25) is 5.91 Å². The number of Topliss-reactive ketones (excluding diaryl/α,β-unsaturated/α-hetero) is 1. The third-order valence-electron chi connectivity index (χ3n) is 10.2. The minimum atomic E-state index is -3.00. The van der Waals surface area contributed by atoms with Crippen LogP contribution in [-0.4, -0.2) is 91.2 Å². The van der Waals surface area contributed by atoms with Gasteiger partial charge in [0, 0.05) is 48.6 Å². The molecule has 9 atom stereocenters. The fourth-order valence-corrected chi connectivity index (χ4v) is 7.00. The third-order valence-corrected chi connectivity index (χ3v) is 10.2. The lowest BCUT2D eigenvalue weighted by atomic mass is 9.70. The minimum absolute atomic E-state index is 0.0642. The zero-order chi connectivity index (χ0) is 37.0. The summed E-state index contributed by atoms with van der Waals surface area (Å²) >= 11 is 0. The maximum atomic E-state index is 16.2. The molecule has 2 aromatic rings. The van der Waals surface area contributed by atoms with E-state index in [1.807, 2.05) is 13.0 Å². The Kier molecular flexibility index (Phi) is 12.1. The maximum absolute atomic E-state index is 16.2. The number of aromatic nitrogens is 3. The van der Waals surface area contributed by atoms with Crippen LogP contribution in [0, 0.1) is 23.7 Å². The molecular weight excluding hydrogens is 649 g/mol. The van der Waals surface area contributed by atoms with Crippen molar-refractivity contribution in [2.24, 2.45) is 33.8 Å². The molecule has 4 rings (SSSR count). The molecule has 0 spiro atoms. The van der Waals surface area contributed by atoms with Gasteiger partial charge < -0.3 is 24.2 Å². The van der Waals surface area contributed by atoms with Gasteiger partial charge in [-0.1, -0.05) is 45.8 Å². The largest absolute Gasteiger partial charge is 0.457 e. The highest BCUT2D eigenvalue weighted by molar-refractivity contribution is 6.07. The van der Waals surface area contributed by atoms with E-state index in [0.717, 1.165) is 12.5 Å². The van der Waals surface area contributed by atoms with Crippen LogP contribution in [0.15, 0.2) is 46.9 Å². The van der Waals surface area contributed by atoms with E-state index in [1.165, 1.54) is 13.8 Å². The first-order chi connectivity index (χ1) is 23.4. The number of oxime groups is 1. The van der Waals surface area contributed by atoms with Crippen LogP contribution in [0.1, 0.15) is 80.7 Å². The van der Waals surface area contributed by atoms with E-state index in [-0.39, 0.29) is 32.7 Å². The molecule has 2 aliphatic heterocycles. The Morgan fingerprint density at radius 1 is 1.14 bits per heavy atom. The molecule has 1 amide bonds. The van der Waals surface area contributed by atoms with Crippen molar-refractivity contribution in [3.05, 3.63) is 42.4 Å². The summed E-state index contributed by atoms with van der Waals surface area (Å²) in [5.74, 6) is -4.94. The third kappa shape index (κ3) is 8.35. The summed E-state index contributed by atoms with van der Waals surface area (Å²) in [5.41, 5.74) is -4.56. The van der Waals surface area contributed by atoms with Gasteiger partial charge in [-0.05, 0) is 57.6 Å². The van der Waals surface area contributed by atoms with Gasteiger partial charge in [-0.15, -0.1) is 0 Å². The second-order valence-electron chi connectivity index (χ2n) is 14.2. The summed E-state index contributed by atoms with van der Waals surface area (Å²) in [6, 6.07) is 5.44. The number of carbonyl (C=O) groups excluding carboxylic acids is 3. The molecule has 0 radical (unpaired) electrons. The number of halogens is 1. The maximum Gasteiger partial charge on any atom is 0.351 e. The molecule has 0 aliphatic carbocycles. The Balaban J connectivity index is 1.79. The van der Waals surface area contributed by atoms with E-state index in [4.69, 9.17) is 19.0 Å². The number of amides is 1. The fraction of sp³-hybridized carbons (Fsp3) is 0.639.